The smallest absolute Gasteiger partial charge is 0.0827 e. The molecule has 1 aliphatic rings. The van der Waals surface area contributed by atoms with Gasteiger partial charge in [-0.1, -0.05) is 34.1 Å². The molecule has 1 atom stereocenters. The van der Waals surface area contributed by atoms with Gasteiger partial charge in [-0.25, -0.2) is 0 Å². The molecule has 2 heteroatoms. The predicted octanol–water partition coefficient (Wildman–Crippen LogP) is 3.22. The van der Waals surface area contributed by atoms with Crippen LogP contribution in [0.2, 0.25) is 0 Å². The molecule has 1 aliphatic carbocycles. The molecule has 0 amide bonds. The fourth-order valence-corrected chi connectivity index (χ4v) is 2.59. The van der Waals surface area contributed by atoms with E-state index in [0.717, 1.165) is 18.2 Å². The molecule has 0 aromatic heterocycles. The Morgan fingerprint density at radius 1 is 1.54 bits per heavy atom. The van der Waals surface area contributed by atoms with Crippen LogP contribution in [0, 0.1) is 0 Å². The topological polar surface area (TPSA) is 9.23 Å². The van der Waals surface area contributed by atoms with Gasteiger partial charge in [-0.2, -0.15) is 0 Å². The summed E-state index contributed by atoms with van der Waals surface area (Å²) < 4.78 is 5.42. The molecule has 0 saturated carbocycles. The second-order valence-electron chi connectivity index (χ2n) is 3.38. The van der Waals surface area contributed by atoms with Gasteiger partial charge in [0.25, 0.3) is 0 Å². The number of rotatable bonds is 2. The van der Waals surface area contributed by atoms with E-state index >= 15 is 0 Å². The summed E-state index contributed by atoms with van der Waals surface area (Å²) in [5.74, 6) is 0. The van der Waals surface area contributed by atoms with Crippen LogP contribution in [-0.2, 0) is 16.5 Å². The fourth-order valence-electron chi connectivity index (χ4n) is 2.06. The van der Waals surface area contributed by atoms with Gasteiger partial charge in [-0.15, -0.1) is 0 Å². The molecule has 1 unspecified atom stereocenters. The lowest BCUT2D eigenvalue weighted by Crippen LogP contribution is -1.96. The number of benzene rings is 1. The predicted molar refractivity (Wildman–Crippen MR) is 57.1 cm³/mol. The van der Waals surface area contributed by atoms with E-state index in [1.807, 2.05) is 0 Å². The maximum atomic E-state index is 5.42. The first-order valence-electron chi connectivity index (χ1n) is 4.56. The normalized spacial score (nSPS) is 20.3. The number of methoxy groups -OCH3 is 1. The molecular formula is C11H13BrO. The van der Waals surface area contributed by atoms with E-state index in [4.69, 9.17) is 4.74 Å². The van der Waals surface area contributed by atoms with Crippen LogP contribution in [0.5, 0.6) is 0 Å². The van der Waals surface area contributed by atoms with Crippen LogP contribution < -0.4 is 0 Å². The van der Waals surface area contributed by atoms with E-state index in [9.17, 15) is 0 Å². The Bertz CT molecular complexity index is 309. The van der Waals surface area contributed by atoms with E-state index in [1.165, 1.54) is 16.7 Å². The van der Waals surface area contributed by atoms with Crippen LogP contribution in [0.3, 0.4) is 0 Å². The Labute approximate surface area is 87.2 Å². The Kier molecular flexibility index (Phi) is 2.70. The Morgan fingerprint density at radius 2 is 2.38 bits per heavy atom. The molecule has 0 saturated heterocycles. The van der Waals surface area contributed by atoms with Gasteiger partial charge in [0.1, 0.15) is 0 Å². The Morgan fingerprint density at radius 3 is 3.08 bits per heavy atom. The van der Waals surface area contributed by atoms with Crippen LogP contribution in [0.25, 0.3) is 0 Å². The number of ether oxygens (including phenoxy) is 1. The van der Waals surface area contributed by atoms with Crippen molar-refractivity contribution in [3.63, 3.8) is 0 Å². The van der Waals surface area contributed by atoms with Crippen LogP contribution in [0.15, 0.2) is 18.2 Å². The van der Waals surface area contributed by atoms with Gasteiger partial charge in [0.05, 0.1) is 6.10 Å². The third kappa shape index (κ3) is 1.53. The molecule has 1 aromatic rings. The molecule has 0 aliphatic heterocycles. The van der Waals surface area contributed by atoms with Crippen molar-refractivity contribution in [2.45, 2.75) is 24.3 Å². The van der Waals surface area contributed by atoms with Crippen LogP contribution in [0.4, 0.5) is 0 Å². The van der Waals surface area contributed by atoms with Crippen molar-refractivity contribution < 1.29 is 4.74 Å². The Balaban J connectivity index is 2.43. The number of fused-ring (bicyclic) bond motifs is 1. The van der Waals surface area contributed by atoms with Crippen molar-refractivity contribution in [2.75, 3.05) is 7.11 Å². The van der Waals surface area contributed by atoms with Crippen molar-refractivity contribution in [3.05, 3.63) is 34.9 Å². The fraction of sp³-hybridized carbons (Fsp3) is 0.455. The molecule has 0 radical (unpaired) electrons. The molecular weight excluding hydrogens is 228 g/mol. The molecule has 2 rings (SSSR count). The minimum absolute atomic E-state index is 0.328. The van der Waals surface area contributed by atoms with Crippen molar-refractivity contribution in [1.29, 1.82) is 0 Å². The van der Waals surface area contributed by atoms with Gasteiger partial charge in [-0.05, 0) is 29.5 Å². The molecule has 0 fully saturated rings. The third-order valence-electron chi connectivity index (χ3n) is 2.74. The highest BCUT2D eigenvalue weighted by Crippen LogP contribution is 2.35. The second-order valence-corrected chi connectivity index (χ2v) is 3.94. The monoisotopic (exact) mass is 240 g/mol. The highest BCUT2D eigenvalue weighted by atomic mass is 79.9. The molecule has 13 heavy (non-hydrogen) atoms. The summed E-state index contributed by atoms with van der Waals surface area (Å²) in [6.07, 6.45) is 2.62. The largest absolute Gasteiger partial charge is 0.377 e. The maximum Gasteiger partial charge on any atom is 0.0827 e. The van der Waals surface area contributed by atoms with Crippen molar-refractivity contribution in [3.8, 4) is 0 Å². The first-order chi connectivity index (χ1) is 6.36. The van der Waals surface area contributed by atoms with E-state index in [0.29, 0.717) is 6.10 Å². The zero-order chi connectivity index (χ0) is 9.26. The summed E-state index contributed by atoms with van der Waals surface area (Å²) in [7, 11) is 1.79. The van der Waals surface area contributed by atoms with Crippen molar-refractivity contribution in [1.82, 2.24) is 0 Å². The van der Waals surface area contributed by atoms with Crippen LogP contribution in [0.1, 0.15) is 29.2 Å². The van der Waals surface area contributed by atoms with Crippen LogP contribution in [-0.4, -0.2) is 7.11 Å². The van der Waals surface area contributed by atoms with Gasteiger partial charge < -0.3 is 4.74 Å². The molecule has 1 aromatic carbocycles. The average molecular weight is 241 g/mol. The maximum absolute atomic E-state index is 5.42. The SMILES string of the molecule is COC1CCc2c(CBr)cccc21. The summed E-state index contributed by atoms with van der Waals surface area (Å²) in [6, 6.07) is 6.49. The van der Waals surface area contributed by atoms with E-state index in [2.05, 4.69) is 34.1 Å². The number of halogens is 1. The zero-order valence-corrected chi connectivity index (χ0v) is 9.30. The lowest BCUT2D eigenvalue weighted by Gasteiger charge is -2.09. The van der Waals surface area contributed by atoms with Crippen LogP contribution >= 0.6 is 15.9 Å². The number of hydrogen-bond donors (Lipinski definition) is 0. The van der Waals surface area contributed by atoms with E-state index in [-0.39, 0.29) is 0 Å². The van der Waals surface area contributed by atoms with Crippen molar-refractivity contribution >= 4 is 15.9 Å². The average Bonchev–Trinajstić information content (AvgIpc) is 2.60. The molecule has 0 heterocycles. The first-order valence-corrected chi connectivity index (χ1v) is 5.68. The summed E-state index contributed by atoms with van der Waals surface area (Å²) in [6.45, 7) is 0. The highest BCUT2D eigenvalue weighted by Gasteiger charge is 2.23. The minimum atomic E-state index is 0.328. The Hall–Kier alpha value is -0.340. The van der Waals surface area contributed by atoms with Gasteiger partial charge in [0.15, 0.2) is 0 Å². The first kappa shape index (κ1) is 9.22. The summed E-state index contributed by atoms with van der Waals surface area (Å²) in [5, 5.41) is 0.951. The molecule has 0 spiro atoms. The summed E-state index contributed by atoms with van der Waals surface area (Å²) in [5.41, 5.74) is 4.29. The van der Waals surface area contributed by atoms with Gasteiger partial charge >= 0.3 is 0 Å². The van der Waals surface area contributed by atoms with Gasteiger partial charge in [0, 0.05) is 12.4 Å². The number of alkyl halides is 1. The van der Waals surface area contributed by atoms with Crippen molar-refractivity contribution in [2.24, 2.45) is 0 Å². The third-order valence-corrected chi connectivity index (χ3v) is 3.35. The van der Waals surface area contributed by atoms with Gasteiger partial charge in [-0.3, -0.25) is 0 Å². The molecule has 0 bridgehead atoms. The molecule has 0 N–H and O–H groups in total. The molecule has 70 valence electrons. The summed E-state index contributed by atoms with van der Waals surface area (Å²) in [4.78, 5) is 0. The zero-order valence-electron chi connectivity index (χ0n) is 7.72. The standard InChI is InChI=1S/C11H13BrO/c1-13-11-6-5-9-8(7-12)3-2-4-10(9)11/h2-4,11H,5-7H2,1H3. The number of hydrogen-bond acceptors (Lipinski definition) is 1. The second kappa shape index (κ2) is 3.81. The highest BCUT2D eigenvalue weighted by molar-refractivity contribution is 9.08. The minimum Gasteiger partial charge on any atom is -0.377 e. The summed E-state index contributed by atoms with van der Waals surface area (Å²) >= 11 is 3.51. The lowest BCUT2D eigenvalue weighted by molar-refractivity contribution is 0.105. The lowest BCUT2D eigenvalue weighted by atomic mass is 10.0. The quantitative estimate of drug-likeness (QED) is 0.722. The van der Waals surface area contributed by atoms with E-state index in [1.54, 1.807) is 7.11 Å². The van der Waals surface area contributed by atoms with Gasteiger partial charge in [0.2, 0.25) is 0 Å². The van der Waals surface area contributed by atoms with E-state index < -0.39 is 0 Å². The molecule has 1 nitrogen and oxygen atoms in total.